The molecule has 2 aliphatic heterocycles. The van der Waals surface area contributed by atoms with Gasteiger partial charge in [0.05, 0.1) is 24.8 Å². The average molecular weight is 537 g/mol. The number of Topliss-reactive ketones (excluding diaryl/α,β-unsaturated/α-hetero) is 1. The third-order valence-corrected chi connectivity index (χ3v) is 7.03. The SMILES string of the molecule is CCOc1cc([C@H]2/C(=C(\O)c3ccc4c(c3)C[C@@H](C)O4)C(=O)C(=O)N2CCN(C)C)ccc1OCCC(C)C. The molecule has 2 atom stereocenters. The number of fused-ring (bicyclic) bond motifs is 1. The fourth-order valence-electron chi connectivity index (χ4n) is 4.98. The molecule has 0 bridgehead atoms. The van der Waals surface area contributed by atoms with Gasteiger partial charge in [0, 0.05) is 25.1 Å². The molecule has 0 aliphatic carbocycles. The van der Waals surface area contributed by atoms with E-state index in [0.717, 1.165) is 17.7 Å². The summed E-state index contributed by atoms with van der Waals surface area (Å²) in [6.07, 6.45) is 1.67. The fourth-order valence-corrected chi connectivity index (χ4v) is 4.98. The molecule has 1 fully saturated rings. The number of carbonyl (C=O) groups excluding carboxylic acids is 2. The van der Waals surface area contributed by atoms with Gasteiger partial charge in [0.2, 0.25) is 0 Å². The number of amides is 1. The highest BCUT2D eigenvalue weighted by atomic mass is 16.5. The molecule has 0 aromatic heterocycles. The van der Waals surface area contributed by atoms with Crippen molar-refractivity contribution in [2.75, 3.05) is 40.4 Å². The molecule has 2 aliphatic rings. The predicted octanol–water partition coefficient (Wildman–Crippen LogP) is 4.82. The van der Waals surface area contributed by atoms with Crippen LogP contribution < -0.4 is 14.2 Å². The van der Waals surface area contributed by atoms with Gasteiger partial charge in [-0.05, 0) is 81.7 Å². The lowest BCUT2D eigenvalue weighted by Crippen LogP contribution is -2.35. The zero-order chi connectivity index (χ0) is 28.3. The normalized spacial score (nSPS) is 20.1. The number of likely N-dealkylation sites (tertiary alicyclic amines) is 1. The van der Waals surface area contributed by atoms with Crippen LogP contribution in [0.5, 0.6) is 17.2 Å². The Hall–Kier alpha value is -3.52. The van der Waals surface area contributed by atoms with Crippen LogP contribution in [-0.4, -0.2) is 73.1 Å². The van der Waals surface area contributed by atoms with E-state index < -0.39 is 17.7 Å². The van der Waals surface area contributed by atoms with Crippen LogP contribution in [0.3, 0.4) is 0 Å². The third-order valence-electron chi connectivity index (χ3n) is 7.03. The molecule has 2 aromatic rings. The Morgan fingerprint density at radius 1 is 1.13 bits per heavy atom. The summed E-state index contributed by atoms with van der Waals surface area (Å²) >= 11 is 0. The average Bonchev–Trinajstić information content (AvgIpc) is 3.38. The molecule has 2 aromatic carbocycles. The van der Waals surface area contributed by atoms with E-state index in [1.54, 1.807) is 6.07 Å². The van der Waals surface area contributed by atoms with Crippen LogP contribution in [0.1, 0.15) is 56.8 Å². The Kier molecular flexibility index (Phi) is 8.85. The number of ketones is 1. The van der Waals surface area contributed by atoms with Gasteiger partial charge in [-0.2, -0.15) is 0 Å². The molecule has 39 heavy (non-hydrogen) atoms. The van der Waals surface area contributed by atoms with Gasteiger partial charge in [-0.3, -0.25) is 9.59 Å². The number of likely N-dealkylation sites (N-methyl/N-ethyl adjacent to an activating group) is 1. The predicted molar refractivity (Wildman–Crippen MR) is 150 cm³/mol. The highest BCUT2D eigenvalue weighted by molar-refractivity contribution is 6.46. The van der Waals surface area contributed by atoms with Gasteiger partial charge < -0.3 is 29.1 Å². The van der Waals surface area contributed by atoms with Gasteiger partial charge in [0.25, 0.3) is 11.7 Å². The lowest BCUT2D eigenvalue weighted by molar-refractivity contribution is -0.140. The summed E-state index contributed by atoms with van der Waals surface area (Å²) in [4.78, 5) is 30.2. The number of carbonyl (C=O) groups is 2. The number of hydrogen-bond donors (Lipinski definition) is 1. The molecule has 8 nitrogen and oxygen atoms in total. The summed E-state index contributed by atoms with van der Waals surface area (Å²) in [7, 11) is 3.82. The molecule has 1 amide bonds. The van der Waals surface area contributed by atoms with Crippen LogP contribution in [0.25, 0.3) is 5.76 Å². The molecule has 8 heteroatoms. The van der Waals surface area contributed by atoms with Crippen LogP contribution in [0, 0.1) is 5.92 Å². The summed E-state index contributed by atoms with van der Waals surface area (Å²) < 4.78 is 17.7. The molecule has 0 spiro atoms. The summed E-state index contributed by atoms with van der Waals surface area (Å²) in [5.41, 5.74) is 2.20. The summed E-state index contributed by atoms with van der Waals surface area (Å²) in [6.45, 7) is 10.0. The van der Waals surface area contributed by atoms with E-state index in [4.69, 9.17) is 14.2 Å². The summed E-state index contributed by atoms with van der Waals surface area (Å²) in [6, 6.07) is 10.1. The van der Waals surface area contributed by atoms with Crippen LogP contribution in [0.15, 0.2) is 42.0 Å². The quantitative estimate of drug-likeness (QED) is 0.250. The van der Waals surface area contributed by atoms with Crippen molar-refractivity contribution < 1.29 is 28.9 Å². The molecule has 4 rings (SSSR count). The molecule has 210 valence electrons. The van der Waals surface area contributed by atoms with E-state index in [-0.39, 0.29) is 17.4 Å². The van der Waals surface area contributed by atoms with Gasteiger partial charge in [0.15, 0.2) is 11.5 Å². The van der Waals surface area contributed by atoms with E-state index in [1.807, 2.05) is 63.2 Å². The first kappa shape index (κ1) is 28.5. The number of benzene rings is 2. The minimum Gasteiger partial charge on any atom is -0.507 e. The van der Waals surface area contributed by atoms with Crippen LogP contribution in [0.4, 0.5) is 0 Å². The second-order valence-electron chi connectivity index (χ2n) is 10.9. The van der Waals surface area contributed by atoms with E-state index in [0.29, 0.717) is 61.3 Å². The van der Waals surface area contributed by atoms with Crippen molar-refractivity contribution in [1.82, 2.24) is 9.80 Å². The smallest absolute Gasteiger partial charge is 0.295 e. The van der Waals surface area contributed by atoms with Crippen LogP contribution >= 0.6 is 0 Å². The van der Waals surface area contributed by atoms with Gasteiger partial charge in [-0.1, -0.05) is 19.9 Å². The first-order chi connectivity index (χ1) is 18.6. The monoisotopic (exact) mass is 536 g/mol. The Bertz CT molecular complexity index is 1250. The molecule has 2 heterocycles. The maximum Gasteiger partial charge on any atom is 0.295 e. The van der Waals surface area contributed by atoms with E-state index in [9.17, 15) is 14.7 Å². The van der Waals surface area contributed by atoms with Crippen LogP contribution in [0.2, 0.25) is 0 Å². The maximum absolute atomic E-state index is 13.4. The Balaban J connectivity index is 1.78. The van der Waals surface area contributed by atoms with Gasteiger partial charge in [0.1, 0.15) is 17.6 Å². The first-order valence-electron chi connectivity index (χ1n) is 13.7. The highest BCUT2D eigenvalue weighted by Crippen LogP contribution is 2.42. The highest BCUT2D eigenvalue weighted by Gasteiger charge is 2.46. The van der Waals surface area contributed by atoms with Gasteiger partial charge in [-0.25, -0.2) is 0 Å². The summed E-state index contributed by atoms with van der Waals surface area (Å²) in [5.74, 6) is 0.915. The number of aliphatic hydroxyl groups excluding tert-OH is 1. The Morgan fingerprint density at radius 2 is 1.90 bits per heavy atom. The molecule has 1 N–H and O–H groups in total. The molecule has 1 saturated heterocycles. The van der Waals surface area contributed by atoms with Crippen molar-refractivity contribution in [2.45, 2.75) is 52.7 Å². The second kappa shape index (κ2) is 12.1. The van der Waals surface area contributed by atoms with Crippen LogP contribution in [-0.2, 0) is 16.0 Å². The lowest BCUT2D eigenvalue weighted by Gasteiger charge is -2.27. The molecular formula is C31H40N2O6. The maximum atomic E-state index is 13.4. The molecule has 0 saturated carbocycles. The van der Waals surface area contributed by atoms with E-state index in [1.165, 1.54) is 4.90 Å². The van der Waals surface area contributed by atoms with Gasteiger partial charge >= 0.3 is 0 Å². The van der Waals surface area contributed by atoms with Crippen molar-refractivity contribution >= 4 is 17.4 Å². The van der Waals surface area contributed by atoms with Crippen molar-refractivity contribution in [3.8, 4) is 17.2 Å². The van der Waals surface area contributed by atoms with E-state index in [2.05, 4.69) is 13.8 Å². The first-order valence-corrected chi connectivity index (χ1v) is 13.7. The van der Waals surface area contributed by atoms with Gasteiger partial charge in [-0.15, -0.1) is 0 Å². The van der Waals surface area contributed by atoms with Crippen molar-refractivity contribution in [2.24, 2.45) is 5.92 Å². The topological polar surface area (TPSA) is 88.5 Å². The number of rotatable bonds is 11. The number of aliphatic hydroxyl groups is 1. The van der Waals surface area contributed by atoms with E-state index >= 15 is 0 Å². The number of hydrogen-bond acceptors (Lipinski definition) is 7. The second-order valence-corrected chi connectivity index (χ2v) is 10.9. The lowest BCUT2D eigenvalue weighted by atomic mass is 9.94. The zero-order valence-electron chi connectivity index (χ0n) is 23.8. The van der Waals surface area contributed by atoms with Crippen molar-refractivity contribution in [3.05, 3.63) is 58.7 Å². The zero-order valence-corrected chi connectivity index (χ0v) is 23.8. The number of ether oxygens (including phenoxy) is 3. The molecular weight excluding hydrogens is 496 g/mol. The minimum atomic E-state index is -0.766. The molecule has 0 radical (unpaired) electrons. The standard InChI is InChI=1S/C31H40N2O6/c1-7-37-26-18-21(8-11-25(26)38-15-12-19(2)3)28-27(30(35)31(36)33(28)14-13-32(5)6)29(34)22-9-10-24-23(17-22)16-20(4)39-24/h8-11,17-20,28,34H,7,12-16H2,1-6H3/b29-27+/t20-,28+/m1/s1. The van der Waals surface area contributed by atoms with Crippen molar-refractivity contribution in [1.29, 1.82) is 0 Å². The summed E-state index contributed by atoms with van der Waals surface area (Å²) in [5, 5.41) is 11.5. The fraction of sp³-hybridized carbons (Fsp3) is 0.484. The largest absolute Gasteiger partial charge is 0.507 e. The Morgan fingerprint density at radius 3 is 2.59 bits per heavy atom. The Labute approximate surface area is 231 Å². The van der Waals surface area contributed by atoms with Crippen molar-refractivity contribution in [3.63, 3.8) is 0 Å². The third kappa shape index (κ3) is 6.22. The minimum absolute atomic E-state index is 0.0484. The molecule has 0 unspecified atom stereocenters. The number of nitrogens with zero attached hydrogens (tertiary/aromatic N) is 2.